The standard InChI is InChI=1S/C22H25BrCl2N2O2/c1-14(21(29)26-22(2,3)4)27(13-16-6-5-7-17(23)10-16)20(28)12-15-8-9-18(24)19(25)11-15/h5-11,14H,12-13H2,1-4H3,(H,26,29)/t14-/m1/s1. The molecule has 0 aliphatic heterocycles. The number of nitrogens with zero attached hydrogens (tertiary/aromatic N) is 1. The molecule has 29 heavy (non-hydrogen) atoms. The first-order chi connectivity index (χ1) is 13.5. The Hall–Kier alpha value is -1.56. The molecule has 0 saturated heterocycles. The van der Waals surface area contributed by atoms with Crippen LogP contribution >= 0.6 is 39.1 Å². The van der Waals surface area contributed by atoms with Crippen molar-refractivity contribution in [3.8, 4) is 0 Å². The van der Waals surface area contributed by atoms with Crippen molar-refractivity contribution in [3.05, 3.63) is 68.1 Å². The lowest BCUT2D eigenvalue weighted by molar-refractivity contribution is -0.140. The highest BCUT2D eigenvalue weighted by Gasteiger charge is 2.28. The van der Waals surface area contributed by atoms with E-state index in [1.807, 2.05) is 45.0 Å². The fourth-order valence-corrected chi connectivity index (χ4v) is 3.58. The minimum absolute atomic E-state index is 0.123. The van der Waals surface area contributed by atoms with Crippen LogP contribution in [0.15, 0.2) is 46.9 Å². The van der Waals surface area contributed by atoms with Crippen molar-refractivity contribution in [1.29, 1.82) is 0 Å². The number of carbonyl (C=O) groups is 2. The number of nitrogens with one attached hydrogen (secondary N) is 1. The third kappa shape index (κ3) is 7.32. The molecule has 0 spiro atoms. The molecule has 0 radical (unpaired) electrons. The second-order valence-electron chi connectivity index (χ2n) is 7.99. The molecule has 0 saturated carbocycles. The Bertz CT molecular complexity index is 897. The summed E-state index contributed by atoms with van der Waals surface area (Å²) in [6.07, 6.45) is 0.123. The van der Waals surface area contributed by atoms with Crippen molar-refractivity contribution in [2.24, 2.45) is 0 Å². The lowest BCUT2D eigenvalue weighted by Crippen LogP contribution is -2.52. The minimum Gasteiger partial charge on any atom is -0.350 e. The summed E-state index contributed by atoms with van der Waals surface area (Å²) in [5.41, 5.74) is 1.28. The van der Waals surface area contributed by atoms with Crippen LogP contribution in [0.5, 0.6) is 0 Å². The van der Waals surface area contributed by atoms with Gasteiger partial charge in [-0.2, -0.15) is 0 Å². The van der Waals surface area contributed by atoms with E-state index in [-0.39, 0.29) is 23.8 Å². The van der Waals surface area contributed by atoms with E-state index in [4.69, 9.17) is 23.2 Å². The van der Waals surface area contributed by atoms with Gasteiger partial charge in [0.1, 0.15) is 6.04 Å². The van der Waals surface area contributed by atoms with E-state index in [0.29, 0.717) is 16.6 Å². The van der Waals surface area contributed by atoms with E-state index in [9.17, 15) is 9.59 Å². The Morgan fingerprint density at radius 2 is 1.76 bits per heavy atom. The molecular formula is C22H25BrCl2N2O2. The summed E-state index contributed by atoms with van der Waals surface area (Å²) in [6, 6.07) is 12.2. The Labute approximate surface area is 190 Å². The monoisotopic (exact) mass is 498 g/mol. The molecule has 0 aliphatic rings. The van der Waals surface area contributed by atoms with Crippen molar-refractivity contribution < 1.29 is 9.59 Å². The van der Waals surface area contributed by atoms with E-state index < -0.39 is 6.04 Å². The molecule has 2 aromatic rings. The minimum atomic E-state index is -0.636. The maximum Gasteiger partial charge on any atom is 0.242 e. The summed E-state index contributed by atoms with van der Waals surface area (Å²) in [5, 5.41) is 3.79. The maximum atomic E-state index is 13.2. The summed E-state index contributed by atoms with van der Waals surface area (Å²) >= 11 is 15.5. The molecule has 4 nitrogen and oxygen atoms in total. The number of hydrogen-bond acceptors (Lipinski definition) is 2. The highest BCUT2D eigenvalue weighted by molar-refractivity contribution is 9.10. The topological polar surface area (TPSA) is 49.4 Å². The Morgan fingerprint density at radius 1 is 1.07 bits per heavy atom. The number of rotatable bonds is 6. The molecule has 1 N–H and O–H groups in total. The number of hydrogen-bond donors (Lipinski definition) is 1. The highest BCUT2D eigenvalue weighted by Crippen LogP contribution is 2.23. The molecular weight excluding hydrogens is 475 g/mol. The van der Waals surface area contributed by atoms with Crippen LogP contribution < -0.4 is 5.32 Å². The van der Waals surface area contributed by atoms with Gasteiger partial charge in [0, 0.05) is 16.6 Å². The van der Waals surface area contributed by atoms with Crippen LogP contribution in [-0.4, -0.2) is 28.3 Å². The molecule has 2 aromatic carbocycles. The fourth-order valence-electron chi connectivity index (χ4n) is 2.81. The number of benzene rings is 2. The van der Waals surface area contributed by atoms with Crippen molar-refractivity contribution in [2.75, 3.05) is 0 Å². The average molecular weight is 500 g/mol. The first-order valence-corrected chi connectivity index (χ1v) is 10.8. The van der Waals surface area contributed by atoms with Crippen molar-refractivity contribution in [1.82, 2.24) is 10.2 Å². The summed E-state index contributed by atoms with van der Waals surface area (Å²) in [5.74, 6) is -0.366. The van der Waals surface area contributed by atoms with Crippen LogP contribution in [0.4, 0.5) is 0 Å². The van der Waals surface area contributed by atoms with Crippen LogP contribution in [-0.2, 0) is 22.6 Å². The van der Waals surface area contributed by atoms with E-state index in [2.05, 4.69) is 21.2 Å². The molecule has 0 unspecified atom stereocenters. The van der Waals surface area contributed by atoms with Gasteiger partial charge in [-0.05, 0) is 63.1 Å². The molecule has 2 amide bonds. The second kappa shape index (κ2) is 9.96. The van der Waals surface area contributed by atoms with Gasteiger partial charge in [0.2, 0.25) is 11.8 Å². The number of carbonyl (C=O) groups excluding carboxylic acids is 2. The summed E-state index contributed by atoms with van der Waals surface area (Å²) in [7, 11) is 0. The normalized spacial score (nSPS) is 12.4. The molecule has 0 fully saturated rings. The van der Waals surface area contributed by atoms with Crippen LogP contribution in [0.1, 0.15) is 38.8 Å². The number of halogens is 3. The molecule has 7 heteroatoms. The summed E-state index contributed by atoms with van der Waals surface area (Å²) in [4.78, 5) is 27.5. The molecule has 1 atom stereocenters. The Morgan fingerprint density at radius 3 is 2.34 bits per heavy atom. The van der Waals surface area contributed by atoms with Crippen LogP contribution in [0.2, 0.25) is 10.0 Å². The lowest BCUT2D eigenvalue weighted by atomic mass is 10.1. The zero-order chi connectivity index (χ0) is 21.8. The van der Waals surface area contributed by atoms with Gasteiger partial charge in [-0.15, -0.1) is 0 Å². The van der Waals surface area contributed by atoms with Gasteiger partial charge in [0.25, 0.3) is 0 Å². The predicted molar refractivity (Wildman–Crippen MR) is 122 cm³/mol. The predicted octanol–water partition coefficient (Wildman–Crippen LogP) is 5.63. The molecule has 0 aromatic heterocycles. The second-order valence-corrected chi connectivity index (χ2v) is 9.72. The van der Waals surface area contributed by atoms with Gasteiger partial charge in [-0.3, -0.25) is 9.59 Å². The lowest BCUT2D eigenvalue weighted by Gasteiger charge is -2.31. The van der Waals surface area contributed by atoms with Gasteiger partial charge in [-0.25, -0.2) is 0 Å². The largest absolute Gasteiger partial charge is 0.350 e. The first-order valence-electron chi connectivity index (χ1n) is 9.26. The van der Waals surface area contributed by atoms with Gasteiger partial charge in [0.05, 0.1) is 16.5 Å². The summed E-state index contributed by atoms with van der Waals surface area (Å²) in [6.45, 7) is 7.79. The molecule has 2 rings (SSSR count). The van der Waals surface area contributed by atoms with E-state index in [1.54, 1.807) is 30.0 Å². The van der Waals surface area contributed by atoms with Gasteiger partial charge in [-0.1, -0.05) is 57.3 Å². The van der Waals surface area contributed by atoms with Crippen molar-refractivity contribution in [3.63, 3.8) is 0 Å². The maximum absolute atomic E-state index is 13.2. The Kier molecular flexibility index (Phi) is 8.15. The highest BCUT2D eigenvalue weighted by atomic mass is 79.9. The van der Waals surface area contributed by atoms with Crippen molar-refractivity contribution >= 4 is 50.9 Å². The Balaban J connectivity index is 2.27. The average Bonchev–Trinajstić information content (AvgIpc) is 2.60. The van der Waals surface area contributed by atoms with Gasteiger partial charge in [0.15, 0.2) is 0 Å². The fraction of sp³-hybridized carbons (Fsp3) is 0.364. The third-order valence-corrected chi connectivity index (χ3v) is 5.48. The van der Waals surface area contributed by atoms with Crippen molar-refractivity contribution in [2.45, 2.75) is 52.2 Å². The zero-order valence-electron chi connectivity index (χ0n) is 16.9. The molecule has 156 valence electrons. The quantitative estimate of drug-likeness (QED) is 0.559. The molecule has 0 bridgehead atoms. The van der Waals surface area contributed by atoms with Crippen LogP contribution in [0, 0.1) is 0 Å². The number of amides is 2. The zero-order valence-corrected chi connectivity index (χ0v) is 20.0. The van der Waals surface area contributed by atoms with Crippen LogP contribution in [0.3, 0.4) is 0 Å². The molecule has 0 aliphatic carbocycles. The van der Waals surface area contributed by atoms with Gasteiger partial charge >= 0.3 is 0 Å². The van der Waals surface area contributed by atoms with E-state index in [0.717, 1.165) is 15.6 Å². The first kappa shape index (κ1) is 23.7. The van der Waals surface area contributed by atoms with E-state index >= 15 is 0 Å². The summed E-state index contributed by atoms with van der Waals surface area (Å²) < 4.78 is 0.915. The smallest absolute Gasteiger partial charge is 0.242 e. The van der Waals surface area contributed by atoms with Crippen LogP contribution in [0.25, 0.3) is 0 Å². The van der Waals surface area contributed by atoms with Gasteiger partial charge < -0.3 is 10.2 Å². The third-order valence-electron chi connectivity index (χ3n) is 4.25. The SMILES string of the molecule is C[C@H](C(=O)NC(C)(C)C)N(Cc1cccc(Br)c1)C(=O)Cc1ccc(Cl)c(Cl)c1. The molecule has 0 heterocycles. The van der Waals surface area contributed by atoms with E-state index in [1.165, 1.54) is 0 Å².